The standard InChI is InChI=1S/C25H17Cl2NO3/c26-19-9-4-7-17(23(19)27)21-12-11-15(31-21)13-14-5-3-8-18-22(25(29)30)16-6-1-2-10-20(16)28-24(14)18/h1-2,4,6-7,9-13H,3,5,8H2,(H,29,30)/b14-13+. The Labute approximate surface area is 188 Å². The lowest BCUT2D eigenvalue weighted by Gasteiger charge is -2.21. The third kappa shape index (κ3) is 3.52. The van der Waals surface area contributed by atoms with Crippen LogP contribution in [0.25, 0.3) is 33.9 Å². The van der Waals surface area contributed by atoms with E-state index in [1.165, 1.54) is 0 Å². The van der Waals surface area contributed by atoms with Gasteiger partial charge in [-0.15, -0.1) is 0 Å². The molecule has 31 heavy (non-hydrogen) atoms. The van der Waals surface area contributed by atoms with Crippen LogP contribution in [-0.4, -0.2) is 16.1 Å². The summed E-state index contributed by atoms with van der Waals surface area (Å²) in [6.45, 7) is 0. The van der Waals surface area contributed by atoms with Crippen molar-refractivity contribution in [2.24, 2.45) is 0 Å². The van der Waals surface area contributed by atoms with Gasteiger partial charge in [-0.3, -0.25) is 0 Å². The molecule has 154 valence electrons. The molecule has 0 amide bonds. The van der Waals surface area contributed by atoms with Crippen molar-refractivity contribution in [1.82, 2.24) is 4.98 Å². The lowest BCUT2D eigenvalue weighted by atomic mass is 9.86. The average Bonchev–Trinajstić information content (AvgIpc) is 3.22. The Kier molecular flexibility index (Phi) is 5.05. The first-order valence-electron chi connectivity index (χ1n) is 9.93. The Morgan fingerprint density at radius 1 is 1.03 bits per heavy atom. The number of carboxylic acid groups (broad SMARTS) is 1. The number of benzene rings is 2. The zero-order valence-corrected chi connectivity index (χ0v) is 17.9. The molecule has 0 unspecified atom stereocenters. The largest absolute Gasteiger partial charge is 0.478 e. The smallest absolute Gasteiger partial charge is 0.336 e. The van der Waals surface area contributed by atoms with Gasteiger partial charge in [-0.25, -0.2) is 9.78 Å². The highest BCUT2D eigenvalue weighted by Gasteiger charge is 2.25. The fraction of sp³-hybridized carbons (Fsp3) is 0.120. The van der Waals surface area contributed by atoms with Gasteiger partial charge in [0.25, 0.3) is 0 Å². The molecule has 0 fully saturated rings. The second-order valence-corrected chi connectivity index (χ2v) is 8.25. The highest BCUT2D eigenvalue weighted by molar-refractivity contribution is 6.43. The van der Waals surface area contributed by atoms with Gasteiger partial charge in [0.15, 0.2) is 0 Å². The van der Waals surface area contributed by atoms with Crippen molar-refractivity contribution in [2.45, 2.75) is 19.3 Å². The summed E-state index contributed by atoms with van der Waals surface area (Å²) in [6, 6.07) is 16.5. The Balaban J connectivity index is 1.62. The van der Waals surface area contributed by atoms with Crippen molar-refractivity contribution in [3.05, 3.63) is 87.2 Å². The molecular formula is C25H17Cl2NO3. The third-order valence-electron chi connectivity index (χ3n) is 5.54. The first-order valence-corrected chi connectivity index (χ1v) is 10.7. The molecular weight excluding hydrogens is 433 g/mol. The number of nitrogens with zero attached hydrogens (tertiary/aromatic N) is 1. The molecule has 4 aromatic rings. The highest BCUT2D eigenvalue weighted by Crippen LogP contribution is 2.38. The number of rotatable bonds is 3. The fourth-order valence-corrected chi connectivity index (χ4v) is 4.55. The van der Waals surface area contributed by atoms with E-state index in [1.807, 2.05) is 54.6 Å². The number of furan rings is 1. The molecule has 6 heteroatoms. The molecule has 2 aromatic heterocycles. The molecule has 1 N–H and O–H groups in total. The van der Waals surface area contributed by atoms with E-state index in [9.17, 15) is 9.90 Å². The van der Waals surface area contributed by atoms with Gasteiger partial charge in [0.05, 0.1) is 26.8 Å². The molecule has 0 saturated heterocycles. The number of hydrogen-bond donors (Lipinski definition) is 1. The minimum Gasteiger partial charge on any atom is -0.478 e. The zero-order chi connectivity index (χ0) is 21.5. The molecule has 2 aromatic carbocycles. The molecule has 0 aliphatic heterocycles. The fourth-order valence-electron chi connectivity index (χ4n) is 4.16. The quantitative estimate of drug-likeness (QED) is 0.354. The van der Waals surface area contributed by atoms with Crippen molar-refractivity contribution in [2.75, 3.05) is 0 Å². The van der Waals surface area contributed by atoms with Gasteiger partial charge in [-0.05, 0) is 66.8 Å². The summed E-state index contributed by atoms with van der Waals surface area (Å²) in [4.78, 5) is 16.9. The van der Waals surface area contributed by atoms with Gasteiger partial charge in [-0.2, -0.15) is 0 Å². The number of halogens is 2. The number of carbonyl (C=O) groups is 1. The zero-order valence-electron chi connectivity index (χ0n) is 16.4. The summed E-state index contributed by atoms with van der Waals surface area (Å²) in [5, 5.41) is 11.5. The number of fused-ring (bicyclic) bond motifs is 2. The summed E-state index contributed by atoms with van der Waals surface area (Å²) in [7, 11) is 0. The monoisotopic (exact) mass is 449 g/mol. The molecule has 0 bridgehead atoms. The van der Waals surface area contributed by atoms with Gasteiger partial charge >= 0.3 is 5.97 Å². The third-order valence-corrected chi connectivity index (χ3v) is 6.36. The van der Waals surface area contributed by atoms with Crippen LogP contribution in [0.4, 0.5) is 0 Å². The predicted molar refractivity (Wildman–Crippen MR) is 124 cm³/mol. The van der Waals surface area contributed by atoms with Gasteiger partial charge in [-0.1, -0.05) is 47.5 Å². The van der Waals surface area contributed by atoms with Crippen LogP contribution in [0.1, 0.15) is 40.2 Å². The molecule has 0 saturated carbocycles. The van der Waals surface area contributed by atoms with Crippen LogP contribution in [0.5, 0.6) is 0 Å². The number of pyridine rings is 1. The number of aromatic carboxylic acids is 1. The summed E-state index contributed by atoms with van der Waals surface area (Å²) >= 11 is 12.5. The maximum Gasteiger partial charge on any atom is 0.336 e. The van der Waals surface area contributed by atoms with Crippen molar-refractivity contribution in [3.8, 4) is 11.3 Å². The van der Waals surface area contributed by atoms with E-state index >= 15 is 0 Å². The van der Waals surface area contributed by atoms with Crippen molar-refractivity contribution in [1.29, 1.82) is 0 Å². The molecule has 0 atom stereocenters. The molecule has 1 aliphatic carbocycles. The van der Waals surface area contributed by atoms with Crippen LogP contribution in [0.15, 0.2) is 59.0 Å². The molecule has 2 heterocycles. The van der Waals surface area contributed by atoms with E-state index in [0.717, 1.165) is 35.2 Å². The van der Waals surface area contributed by atoms with E-state index in [1.54, 1.807) is 6.07 Å². The lowest BCUT2D eigenvalue weighted by molar-refractivity contribution is 0.0697. The first kappa shape index (κ1) is 19.9. The number of hydrogen-bond acceptors (Lipinski definition) is 3. The number of carboxylic acids is 1. The molecule has 1 aliphatic rings. The van der Waals surface area contributed by atoms with Crippen molar-refractivity contribution < 1.29 is 14.3 Å². The van der Waals surface area contributed by atoms with Crippen LogP contribution < -0.4 is 0 Å². The Morgan fingerprint density at radius 2 is 1.87 bits per heavy atom. The number of para-hydroxylation sites is 1. The number of aromatic nitrogens is 1. The Hall–Kier alpha value is -3.08. The summed E-state index contributed by atoms with van der Waals surface area (Å²) in [5.74, 6) is 0.348. The summed E-state index contributed by atoms with van der Waals surface area (Å²) in [5.41, 5.74) is 4.23. The van der Waals surface area contributed by atoms with E-state index in [0.29, 0.717) is 44.5 Å². The SMILES string of the molecule is O=C(O)c1c2c(nc3ccccc13)/C(=C/c1ccc(-c3cccc(Cl)c3Cl)o1)CCC2. The van der Waals surface area contributed by atoms with E-state index < -0.39 is 5.97 Å². The van der Waals surface area contributed by atoms with Gasteiger partial charge in [0, 0.05) is 10.9 Å². The van der Waals surface area contributed by atoms with E-state index in [-0.39, 0.29) is 0 Å². The lowest BCUT2D eigenvalue weighted by Crippen LogP contribution is -2.13. The minimum absolute atomic E-state index is 0.344. The second kappa shape index (κ2) is 7.88. The van der Waals surface area contributed by atoms with Crippen LogP contribution in [0, 0.1) is 0 Å². The van der Waals surface area contributed by atoms with Crippen molar-refractivity contribution >= 4 is 51.7 Å². The molecule has 0 radical (unpaired) electrons. The second-order valence-electron chi connectivity index (χ2n) is 7.46. The summed E-state index contributed by atoms with van der Waals surface area (Å²) < 4.78 is 6.02. The average molecular weight is 450 g/mol. The van der Waals surface area contributed by atoms with Crippen LogP contribution in [0.2, 0.25) is 10.0 Å². The van der Waals surface area contributed by atoms with Gasteiger partial charge in [0.2, 0.25) is 0 Å². The minimum atomic E-state index is -0.924. The normalized spacial score (nSPS) is 14.7. The van der Waals surface area contributed by atoms with Gasteiger partial charge < -0.3 is 9.52 Å². The Bertz CT molecular complexity index is 1370. The Morgan fingerprint density at radius 3 is 2.71 bits per heavy atom. The van der Waals surface area contributed by atoms with Gasteiger partial charge in [0.1, 0.15) is 11.5 Å². The number of allylic oxidation sites excluding steroid dienone is 1. The maximum atomic E-state index is 12.1. The van der Waals surface area contributed by atoms with Crippen LogP contribution in [0.3, 0.4) is 0 Å². The van der Waals surface area contributed by atoms with E-state index in [2.05, 4.69) is 0 Å². The van der Waals surface area contributed by atoms with Crippen LogP contribution >= 0.6 is 23.2 Å². The maximum absolute atomic E-state index is 12.1. The van der Waals surface area contributed by atoms with E-state index in [4.69, 9.17) is 32.6 Å². The highest BCUT2D eigenvalue weighted by atomic mass is 35.5. The van der Waals surface area contributed by atoms with Crippen LogP contribution in [-0.2, 0) is 6.42 Å². The molecule has 5 rings (SSSR count). The first-order chi connectivity index (χ1) is 15.0. The predicted octanol–water partition coefficient (Wildman–Crippen LogP) is 7.38. The topological polar surface area (TPSA) is 63.3 Å². The van der Waals surface area contributed by atoms with Crippen molar-refractivity contribution in [3.63, 3.8) is 0 Å². The molecule has 0 spiro atoms. The summed E-state index contributed by atoms with van der Waals surface area (Å²) in [6.07, 6.45) is 4.28. The molecule has 4 nitrogen and oxygen atoms in total.